The van der Waals surface area contributed by atoms with E-state index in [2.05, 4.69) is 54.1 Å². The average Bonchev–Trinajstić information content (AvgIpc) is 3.35. The molecule has 28 heavy (non-hydrogen) atoms. The second-order valence-electron chi connectivity index (χ2n) is 6.52. The van der Waals surface area contributed by atoms with E-state index in [1.165, 1.54) is 21.6 Å². The summed E-state index contributed by atoms with van der Waals surface area (Å²) in [5.74, 6) is 1.10. The molecule has 0 saturated heterocycles. The fraction of sp³-hybridized carbons (Fsp3) is 0.273. The maximum atomic E-state index is 6.20. The molecule has 0 saturated carbocycles. The number of nitrogens with zero attached hydrogens (tertiary/aromatic N) is 2. The van der Waals surface area contributed by atoms with Crippen LogP contribution in [0.2, 0.25) is 5.02 Å². The number of rotatable bonds is 9. The van der Waals surface area contributed by atoms with Gasteiger partial charge >= 0.3 is 0 Å². The van der Waals surface area contributed by atoms with Crippen molar-refractivity contribution in [2.24, 2.45) is 0 Å². The van der Waals surface area contributed by atoms with Gasteiger partial charge in [0, 0.05) is 16.4 Å². The van der Waals surface area contributed by atoms with Crippen molar-refractivity contribution in [1.82, 2.24) is 15.5 Å². The Hall–Kier alpha value is -2.37. The van der Waals surface area contributed by atoms with E-state index in [1.54, 1.807) is 11.3 Å². The van der Waals surface area contributed by atoms with Gasteiger partial charge in [-0.25, -0.2) is 0 Å². The predicted molar refractivity (Wildman–Crippen MR) is 118 cm³/mol. The standard InChI is InChI=1S/C22H24ClN3OS/c1-4-6-17(20-13-18(23)9-8-15(20)2)10-11-24-16(3)22-25-21(27-26-22)14-19-7-5-12-28-19/h5-9,12-13,24H,3-4,10-11,14H2,1-2H3/b17-6-. The van der Waals surface area contributed by atoms with Crippen molar-refractivity contribution in [1.29, 1.82) is 0 Å². The van der Waals surface area contributed by atoms with Crippen LogP contribution in [0.25, 0.3) is 11.3 Å². The van der Waals surface area contributed by atoms with E-state index in [4.69, 9.17) is 16.1 Å². The minimum atomic E-state index is 0.506. The zero-order valence-electron chi connectivity index (χ0n) is 16.2. The molecule has 0 aliphatic heterocycles. The largest absolute Gasteiger partial charge is 0.382 e. The van der Waals surface area contributed by atoms with Crippen molar-refractivity contribution in [2.45, 2.75) is 33.1 Å². The molecule has 6 heteroatoms. The number of allylic oxidation sites excluding steroid dienone is 1. The Morgan fingerprint density at radius 2 is 2.21 bits per heavy atom. The Balaban J connectivity index is 1.58. The van der Waals surface area contributed by atoms with Crippen LogP contribution in [0, 0.1) is 6.92 Å². The zero-order valence-corrected chi connectivity index (χ0v) is 17.7. The zero-order chi connectivity index (χ0) is 19.9. The molecule has 0 aliphatic carbocycles. The summed E-state index contributed by atoms with van der Waals surface area (Å²) in [5.41, 5.74) is 4.35. The molecule has 4 nitrogen and oxygen atoms in total. The summed E-state index contributed by atoms with van der Waals surface area (Å²) < 4.78 is 5.34. The van der Waals surface area contributed by atoms with E-state index in [-0.39, 0.29) is 0 Å². The second kappa shape index (κ2) is 9.71. The van der Waals surface area contributed by atoms with Crippen molar-refractivity contribution in [3.8, 4) is 0 Å². The Morgan fingerprint density at radius 3 is 2.96 bits per heavy atom. The van der Waals surface area contributed by atoms with Crippen molar-refractivity contribution >= 4 is 34.2 Å². The van der Waals surface area contributed by atoms with Crippen LogP contribution in [0.4, 0.5) is 0 Å². The molecule has 146 valence electrons. The number of benzene rings is 1. The molecular weight excluding hydrogens is 390 g/mol. The topological polar surface area (TPSA) is 51.0 Å². The fourth-order valence-electron chi connectivity index (χ4n) is 2.97. The lowest BCUT2D eigenvalue weighted by Crippen LogP contribution is -2.14. The molecule has 0 amide bonds. The first-order valence-corrected chi connectivity index (χ1v) is 10.6. The Labute approximate surface area is 174 Å². The highest BCUT2D eigenvalue weighted by Crippen LogP contribution is 2.26. The second-order valence-corrected chi connectivity index (χ2v) is 7.99. The number of aryl methyl sites for hydroxylation is 1. The number of hydrogen-bond donors (Lipinski definition) is 1. The van der Waals surface area contributed by atoms with Crippen LogP contribution in [0.15, 0.2) is 52.9 Å². The van der Waals surface area contributed by atoms with Gasteiger partial charge in [0.1, 0.15) is 0 Å². The first-order chi connectivity index (χ1) is 13.6. The molecule has 0 spiro atoms. The first-order valence-electron chi connectivity index (χ1n) is 9.30. The first kappa shape index (κ1) is 20.4. The molecular formula is C22H24ClN3OS. The van der Waals surface area contributed by atoms with E-state index in [0.29, 0.717) is 23.8 Å². The lowest BCUT2D eigenvalue weighted by molar-refractivity contribution is 0.383. The van der Waals surface area contributed by atoms with Crippen LogP contribution < -0.4 is 5.32 Å². The van der Waals surface area contributed by atoms with Crippen LogP contribution in [0.3, 0.4) is 0 Å². The van der Waals surface area contributed by atoms with Gasteiger partial charge in [-0.05, 0) is 60.0 Å². The van der Waals surface area contributed by atoms with E-state index in [9.17, 15) is 0 Å². The van der Waals surface area contributed by atoms with Gasteiger partial charge in [0.15, 0.2) is 0 Å². The van der Waals surface area contributed by atoms with Crippen molar-refractivity contribution in [3.05, 3.63) is 81.1 Å². The fourth-order valence-corrected chi connectivity index (χ4v) is 3.84. The molecule has 0 radical (unpaired) electrons. The molecule has 0 aliphatic rings. The lowest BCUT2D eigenvalue weighted by Gasteiger charge is -2.13. The molecule has 0 fully saturated rings. The summed E-state index contributed by atoms with van der Waals surface area (Å²) >= 11 is 7.87. The molecule has 0 unspecified atom stereocenters. The van der Waals surface area contributed by atoms with Gasteiger partial charge in [-0.15, -0.1) is 11.3 Å². The molecule has 1 aromatic carbocycles. The van der Waals surface area contributed by atoms with Crippen LogP contribution in [0.5, 0.6) is 0 Å². The van der Waals surface area contributed by atoms with Gasteiger partial charge in [-0.3, -0.25) is 0 Å². The minimum Gasteiger partial charge on any atom is -0.382 e. The Kier molecular flexibility index (Phi) is 7.06. The molecule has 2 aromatic heterocycles. The summed E-state index contributed by atoms with van der Waals surface area (Å²) in [6.45, 7) is 9.02. The molecule has 3 aromatic rings. The Morgan fingerprint density at radius 1 is 1.36 bits per heavy atom. The number of thiophene rings is 1. The lowest BCUT2D eigenvalue weighted by atomic mass is 9.97. The number of nitrogens with one attached hydrogen (secondary N) is 1. The highest BCUT2D eigenvalue weighted by molar-refractivity contribution is 7.09. The van der Waals surface area contributed by atoms with Crippen LogP contribution in [0.1, 0.15) is 47.5 Å². The molecule has 0 atom stereocenters. The third-order valence-electron chi connectivity index (χ3n) is 4.37. The summed E-state index contributed by atoms with van der Waals surface area (Å²) in [5, 5.41) is 10.1. The quantitative estimate of drug-likeness (QED) is 0.458. The highest BCUT2D eigenvalue weighted by atomic mass is 35.5. The normalized spacial score (nSPS) is 11.6. The SMILES string of the molecule is C=C(NCC/C(=C/CC)c1cc(Cl)ccc1C)c1noc(Cc2cccs2)n1. The van der Waals surface area contributed by atoms with Gasteiger partial charge in [-0.2, -0.15) is 4.98 Å². The monoisotopic (exact) mass is 413 g/mol. The van der Waals surface area contributed by atoms with E-state index in [0.717, 1.165) is 24.4 Å². The molecule has 2 heterocycles. The summed E-state index contributed by atoms with van der Waals surface area (Å²) in [6.07, 6.45) is 4.72. The van der Waals surface area contributed by atoms with Gasteiger partial charge in [0.05, 0.1) is 12.1 Å². The summed E-state index contributed by atoms with van der Waals surface area (Å²) in [4.78, 5) is 5.63. The summed E-state index contributed by atoms with van der Waals surface area (Å²) in [7, 11) is 0. The van der Waals surface area contributed by atoms with Crippen molar-refractivity contribution in [2.75, 3.05) is 6.54 Å². The predicted octanol–water partition coefficient (Wildman–Crippen LogP) is 6.13. The molecule has 3 rings (SSSR count). The van der Waals surface area contributed by atoms with E-state index >= 15 is 0 Å². The maximum absolute atomic E-state index is 6.20. The van der Waals surface area contributed by atoms with E-state index < -0.39 is 0 Å². The molecule has 1 N–H and O–H groups in total. The van der Waals surface area contributed by atoms with Gasteiger partial charge < -0.3 is 9.84 Å². The third kappa shape index (κ3) is 5.33. The third-order valence-corrected chi connectivity index (χ3v) is 5.48. The average molecular weight is 414 g/mol. The van der Waals surface area contributed by atoms with Gasteiger partial charge in [0.25, 0.3) is 0 Å². The summed E-state index contributed by atoms with van der Waals surface area (Å²) in [6, 6.07) is 10.1. The number of halogens is 1. The van der Waals surface area contributed by atoms with E-state index in [1.807, 2.05) is 23.6 Å². The minimum absolute atomic E-state index is 0.506. The van der Waals surface area contributed by atoms with Crippen LogP contribution in [-0.2, 0) is 6.42 Å². The maximum Gasteiger partial charge on any atom is 0.232 e. The van der Waals surface area contributed by atoms with Crippen molar-refractivity contribution in [3.63, 3.8) is 0 Å². The number of aromatic nitrogens is 2. The van der Waals surface area contributed by atoms with Crippen LogP contribution >= 0.6 is 22.9 Å². The molecule has 0 bridgehead atoms. The Bertz CT molecular complexity index is 960. The van der Waals surface area contributed by atoms with Gasteiger partial charge in [-0.1, -0.05) is 48.5 Å². The van der Waals surface area contributed by atoms with Crippen LogP contribution in [-0.4, -0.2) is 16.7 Å². The smallest absolute Gasteiger partial charge is 0.232 e. The van der Waals surface area contributed by atoms with Crippen molar-refractivity contribution < 1.29 is 4.52 Å². The van der Waals surface area contributed by atoms with Gasteiger partial charge in [0.2, 0.25) is 11.7 Å². The number of hydrogen-bond acceptors (Lipinski definition) is 5. The highest BCUT2D eigenvalue weighted by Gasteiger charge is 2.11.